The molecule has 1 rings (SSSR count). The van der Waals surface area contributed by atoms with Gasteiger partial charge in [0.1, 0.15) is 5.60 Å². The normalized spacial score (nSPS) is 35.8. The van der Waals surface area contributed by atoms with Crippen molar-refractivity contribution in [1.82, 2.24) is 0 Å². The molecule has 0 spiro atoms. The molecule has 0 radical (unpaired) electrons. The molecule has 0 bridgehead atoms. The van der Waals surface area contributed by atoms with Crippen molar-refractivity contribution in [1.29, 1.82) is 0 Å². The Morgan fingerprint density at radius 2 is 2.50 bits per heavy atom. The van der Waals surface area contributed by atoms with Gasteiger partial charge < -0.3 is 20.3 Å². The Morgan fingerprint density at radius 1 is 1.75 bits per heavy atom. The van der Waals surface area contributed by atoms with E-state index < -0.39 is 0 Å². The molecule has 1 aliphatic rings. The standard InChI is InChI=1S/C8H17NO3/c1-7-4-11-6-8(7,5-9)12-3-2-10/h7,10H,2-6,9H2,1H3. The Kier molecular flexibility index (Phi) is 3.46. The van der Waals surface area contributed by atoms with Gasteiger partial charge in [0.05, 0.1) is 26.4 Å². The van der Waals surface area contributed by atoms with Crippen LogP contribution < -0.4 is 5.73 Å². The molecule has 1 fully saturated rings. The van der Waals surface area contributed by atoms with Crippen LogP contribution in [0.15, 0.2) is 0 Å². The first-order valence-corrected chi connectivity index (χ1v) is 4.28. The minimum Gasteiger partial charge on any atom is -0.394 e. The molecular formula is C8H17NO3. The maximum absolute atomic E-state index is 8.62. The van der Waals surface area contributed by atoms with Gasteiger partial charge in [-0.15, -0.1) is 0 Å². The van der Waals surface area contributed by atoms with E-state index in [-0.39, 0.29) is 12.2 Å². The Hall–Kier alpha value is -0.160. The first kappa shape index (κ1) is 9.92. The first-order valence-electron chi connectivity index (χ1n) is 4.28. The predicted molar refractivity (Wildman–Crippen MR) is 44.8 cm³/mol. The molecule has 1 heterocycles. The number of nitrogens with two attached hydrogens (primary N) is 1. The summed E-state index contributed by atoms with van der Waals surface area (Å²) in [5.41, 5.74) is 5.25. The molecule has 0 aromatic heterocycles. The second-order valence-corrected chi connectivity index (χ2v) is 3.26. The third-order valence-electron chi connectivity index (χ3n) is 2.44. The third-order valence-corrected chi connectivity index (χ3v) is 2.44. The van der Waals surface area contributed by atoms with Gasteiger partial charge in [0.2, 0.25) is 0 Å². The van der Waals surface area contributed by atoms with Crippen LogP contribution in [0.2, 0.25) is 0 Å². The fraction of sp³-hybridized carbons (Fsp3) is 1.00. The molecule has 4 heteroatoms. The molecule has 2 unspecified atom stereocenters. The number of rotatable bonds is 4. The van der Waals surface area contributed by atoms with Crippen molar-refractivity contribution >= 4 is 0 Å². The first-order chi connectivity index (χ1) is 5.75. The quantitative estimate of drug-likeness (QED) is 0.596. The van der Waals surface area contributed by atoms with Gasteiger partial charge in [0, 0.05) is 12.5 Å². The molecule has 1 saturated heterocycles. The molecule has 0 aromatic rings. The highest BCUT2D eigenvalue weighted by Gasteiger charge is 2.41. The van der Waals surface area contributed by atoms with E-state index in [1.165, 1.54) is 0 Å². The fourth-order valence-corrected chi connectivity index (χ4v) is 1.45. The monoisotopic (exact) mass is 175 g/mol. The lowest BCUT2D eigenvalue weighted by atomic mass is 9.92. The van der Waals surface area contributed by atoms with E-state index in [2.05, 4.69) is 6.92 Å². The van der Waals surface area contributed by atoms with Crippen molar-refractivity contribution < 1.29 is 14.6 Å². The minimum absolute atomic E-state index is 0.0362. The van der Waals surface area contributed by atoms with Crippen molar-refractivity contribution in [2.75, 3.05) is 33.0 Å². The maximum atomic E-state index is 8.62. The van der Waals surface area contributed by atoms with Gasteiger partial charge in [-0.3, -0.25) is 0 Å². The number of hydrogen-bond donors (Lipinski definition) is 2. The molecule has 0 amide bonds. The minimum atomic E-state index is -0.358. The molecule has 0 saturated carbocycles. The van der Waals surface area contributed by atoms with Gasteiger partial charge in [0.15, 0.2) is 0 Å². The van der Waals surface area contributed by atoms with Crippen molar-refractivity contribution in [2.24, 2.45) is 11.7 Å². The highest BCUT2D eigenvalue weighted by Crippen LogP contribution is 2.27. The van der Waals surface area contributed by atoms with E-state index in [1.807, 2.05) is 0 Å². The number of hydrogen-bond acceptors (Lipinski definition) is 4. The van der Waals surface area contributed by atoms with Crippen LogP contribution >= 0.6 is 0 Å². The molecule has 1 aliphatic heterocycles. The fourth-order valence-electron chi connectivity index (χ4n) is 1.45. The van der Waals surface area contributed by atoms with E-state index in [4.69, 9.17) is 20.3 Å². The molecule has 72 valence electrons. The zero-order chi connectivity index (χ0) is 9.03. The van der Waals surface area contributed by atoms with E-state index >= 15 is 0 Å². The summed E-state index contributed by atoms with van der Waals surface area (Å²) in [5.74, 6) is 0.314. The van der Waals surface area contributed by atoms with Crippen LogP contribution in [0, 0.1) is 5.92 Å². The van der Waals surface area contributed by atoms with Gasteiger partial charge in [-0.25, -0.2) is 0 Å². The van der Waals surface area contributed by atoms with E-state index in [0.29, 0.717) is 32.3 Å². The second kappa shape index (κ2) is 4.18. The largest absolute Gasteiger partial charge is 0.394 e. The molecule has 4 nitrogen and oxygen atoms in total. The Morgan fingerprint density at radius 3 is 2.92 bits per heavy atom. The van der Waals surface area contributed by atoms with E-state index in [1.54, 1.807) is 0 Å². The highest BCUT2D eigenvalue weighted by molar-refractivity contribution is 4.91. The van der Waals surface area contributed by atoms with Gasteiger partial charge in [-0.2, -0.15) is 0 Å². The lowest BCUT2D eigenvalue weighted by molar-refractivity contribution is -0.0721. The molecule has 12 heavy (non-hydrogen) atoms. The zero-order valence-electron chi connectivity index (χ0n) is 7.45. The Bertz CT molecular complexity index is 142. The van der Waals surface area contributed by atoms with Crippen LogP contribution in [0.25, 0.3) is 0 Å². The number of ether oxygens (including phenoxy) is 2. The second-order valence-electron chi connectivity index (χ2n) is 3.26. The lowest BCUT2D eigenvalue weighted by Gasteiger charge is -2.30. The average Bonchev–Trinajstić information content (AvgIpc) is 2.45. The van der Waals surface area contributed by atoms with Crippen molar-refractivity contribution in [3.8, 4) is 0 Å². The Labute approximate surface area is 72.6 Å². The number of aliphatic hydroxyl groups is 1. The summed E-state index contributed by atoms with van der Waals surface area (Å²) in [7, 11) is 0. The predicted octanol–water partition coefficient (Wildman–Crippen LogP) is -0.641. The van der Waals surface area contributed by atoms with Gasteiger partial charge in [-0.05, 0) is 0 Å². The van der Waals surface area contributed by atoms with Crippen molar-refractivity contribution in [2.45, 2.75) is 12.5 Å². The smallest absolute Gasteiger partial charge is 0.108 e. The van der Waals surface area contributed by atoms with Crippen LogP contribution in [0.1, 0.15) is 6.92 Å². The highest BCUT2D eigenvalue weighted by atomic mass is 16.6. The summed E-state index contributed by atoms with van der Waals surface area (Å²) in [4.78, 5) is 0. The molecule has 3 N–H and O–H groups in total. The summed E-state index contributed by atoms with van der Waals surface area (Å²) in [6.45, 7) is 4.12. The number of aliphatic hydroxyl groups excluding tert-OH is 1. The van der Waals surface area contributed by atoms with Crippen LogP contribution in [-0.2, 0) is 9.47 Å². The summed E-state index contributed by atoms with van der Waals surface area (Å²) >= 11 is 0. The summed E-state index contributed by atoms with van der Waals surface area (Å²) in [6, 6.07) is 0. The van der Waals surface area contributed by atoms with E-state index in [9.17, 15) is 0 Å². The van der Waals surface area contributed by atoms with E-state index in [0.717, 1.165) is 0 Å². The van der Waals surface area contributed by atoms with Crippen molar-refractivity contribution in [3.05, 3.63) is 0 Å². The van der Waals surface area contributed by atoms with Crippen LogP contribution in [-0.4, -0.2) is 43.7 Å². The molecule has 0 aliphatic carbocycles. The van der Waals surface area contributed by atoms with Crippen molar-refractivity contribution in [3.63, 3.8) is 0 Å². The maximum Gasteiger partial charge on any atom is 0.108 e. The third kappa shape index (κ3) is 1.77. The summed E-state index contributed by atoms with van der Waals surface area (Å²) in [5, 5.41) is 8.62. The zero-order valence-corrected chi connectivity index (χ0v) is 7.45. The van der Waals surface area contributed by atoms with Crippen LogP contribution in [0.5, 0.6) is 0 Å². The van der Waals surface area contributed by atoms with Gasteiger partial charge in [0.25, 0.3) is 0 Å². The molecular weight excluding hydrogens is 158 g/mol. The average molecular weight is 175 g/mol. The Balaban J connectivity index is 2.49. The van der Waals surface area contributed by atoms with Crippen LogP contribution in [0.3, 0.4) is 0 Å². The summed E-state index contributed by atoms with van der Waals surface area (Å²) in [6.07, 6.45) is 0. The van der Waals surface area contributed by atoms with Gasteiger partial charge in [-0.1, -0.05) is 6.92 Å². The van der Waals surface area contributed by atoms with Crippen LogP contribution in [0.4, 0.5) is 0 Å². The van der Waals surface area contributed by atoms with Gasteiger partial charge >= 0.3 is 0 Å². The molecule has 0 aromatic carbocycles. The summed E-state index contributed by atoms with van der Waals surface area (Å²) < 4.78 is 10.8. The molecule has 2 atom stereocenters. The lowest BCUT2D eigenvalue weighted by Crippen LogP contribution is -2.46. The topological polar surface area (TPSA) is 64.7 Å². The SMILES string of the molecule is CC1COCC1(CN)OCCO.